The summed E-state index contributed by atoms with van der Waals surface area (Å²) in [5.74, 6) is 1.48. The van der Waals surface area contributed by atoms with Gasteiger partial charge in [-0.25, -0.2) is 0 Å². The molecule has 3 unspecified atom stereocenters. The van der Waals surface area contributed by atoms with Crippen molar-refractivity contribution < 1.29 is 4.79 Å². The van der Waals surface area contributed by atoms with Crippen LogP contribution in [0, 0.1) is 11.8 Å². The molecule has 1 N–H and O–H groups in total. The number of likely N-dealkylation sites (N-methyl/N-ethyl adjacent to an activating group) is 1. The summed E-state index contributed by atoms with van der Waals surface area (Å²) >= 11 is 5.99. The molecule has 1 aliphatic heterocycles. The summed E-state index contributed by atoms with van der Waals surface area (Å²) in [5.41, 5.74) is 1.08. The zero-order chi connectivity index (χ0) is 14.1. The normalized spacial score (nSPS) is 28.4. The average molecular weight is 293 g/mol. The number of fused-ring (bicyclic) bond motifs is 1. The fourth-order valence-electron chi connectivity index (χ4n) is 3.68. The van der Waals surface area contributed by atoms with Gasteiger partial charge in [-0.1, -0.05) is 30.2 Å². The number of benzene rings is 1. The van der Waals surface area contributed by atoms with Crippen molar-refractivity contribution in [3.8, 4) is 0 Å². The number of halogens is 1. The second kappa shape index (κ2) is 5.74. The van der Waals surface area contributed by atoms with Crippen molar-refractivity contribution in [2.75, 3.05) is 13.6 Å². The first-order valence-corrected chi connectivity index (χ1v) is 7.76. The fraction of sp³-hybridized carbons (Fsp3) is 0.562. The summed E-state index contributed by atoms with van der Waals surface area (Å²) in [6.45, 7) is 1.63. The smallest absolute Gasteiger partial charge is 0.240 e. The number of rotatable bonds is 3. The van der Waals surface area contributed by atoms with E-state index in [-0.39, 0.29) is 11.9 Å². The van der Waals surface area contributed by atoms with Crippen LogP contribution in [0.15, 0.2) is 24.3 Å². The molecule has 1 aliphatic carbocycles. The number of nitrogens with one attached hydrogen (secondary N) is 1. The third kappa shape index (κ3) is 2.70. The second-order valence-corrected chi connectivity index (χ2v) is 6.50. The van der Waals surface area contributed by atoms with E-state index in [1.807, 2.05) is 36.2 Å². The zero-order valence-corrected chi connectivity index (χ0v) is 12.6. The molecule has 1 heterocycles. The van der Waals surface area contributed by atoms with Gasteiger partial charge in [-0.15, -0.1) is 0 Å². The van der Waals surface area contributed by atoms with Crippen molar-refractivity contribution in [1.29, 1.82) is 0 Å². The van der Waals surface area contributed by atoms with Crippen LogP contribution in [0.3, 0.4) is 0 Å². The van der Waals surface area contributed by atoms with Crippen LogP contribution in [0.4, 0.5) is 0 Å². The molecule has 1 aromatic carbocycles. The maximum absolute atomic E-state index is 12.6. The quantitative estimate of drug-likeness (QED) is 0.929. The first-order valence-electron chi connectivity index (χ1n) is 7.38. The molecule has 0 radical (unpaired) electrons. The van der Waals surface area contributed by atoms with Gasteiger partial charge >= 0.3 is 0 Å². The summed E-state index contributed by atoms with van der Waals surface area (Å²) in [4.78, 5) is 14.4. The Labute approximate surface area is 125 Å². The van der Waals surface area contributed by atoms with Crippen LogP contribution in [-0.4, -0.2) is 30.4 Å². The first-order chi connectivity index (χ1) is 9.65. The largest absolute Gasteiger partial charge is 0.340 e. The average Bonchev–Trinajstić information content (AvgIpc) is 3.00. The van der Waals surface area contributed by atoms with E-state index in [1.54, 1.807) is 0 Å². The number of carbonyl (C=O) groups is 1. The maximum Gasteiger partial charge on any atom is 0.240 e. The van der Waals surface area contributed by atoms with Gasteiger partial charge in [0.05, 0.1) is 6.04 Å². The van der Waals surface area contributed by atoms with Crippen LogP contribution in [0.2, 0.25) is 5.02 Å². The van der Waals surface area contributed by atoms with E-state index in [2.05, 4.69) is 5.32 Å². The zero-order valence-electron chi connectivity index (χ0n) is 11.8. The highest BCUT2D eigenvalue weighted by Crippen LogP contribution is 2.38. The standard InChI is InChI=1S/C16H21ClN2O/c1-19(10-11-4-2-6-13(17)8-11)16(20)15-14-7-3-5-12(14)9-18-15/h2,4,6,8,12,14-15,18H,3,5,7,9-10H2,1H3. The number of hydrogen-bond donors (Lipinski definition) is 1. The van der Waals surface area contributed by atoms with Gasteiger partial charge in [0.1, 0.15) is 0 Å². The molecule has 3 nitrogen and oxygen atoms in total. The van der Waals surface area contributed by atoms with Gasteiger partial charge in [0, 0.05) is 18.6 Å². The third-order valence-corrected chi connectivity index (χ3v) is 4.93. The van der Waals surface area contributed by atoms with Gasteiger partial charge in [0.15, 0.2) is 0 Å². The van der Waals surface area contributed by atoms with E-state index >= 15 is 0 Å². The highest BCUT2D eigenvalue weighted by molar-refractivity contribution is 6.30. The summed E-state index contributed by atoms with van der Waals surface area (Å²) in [7, 11) is 1.88. The van der Waals surface area contributed by atoms with E-state index < -0.39 is 0 Å². The molecular weight excluding hydrogens is 272 g/mol. The Morgan fingerprint density at radius 2 is 2.30 bits per heavy atom. The monoisotopic (exact) mass is 292 g/mol. The molecule has 4 heteroatoms. The Morgan fingerprint density at radius 3 is 3.10 bits per heavy atom. The SMILES string of the molecule is CN(Cc1cccc(Cl)c1)C(=O)C1NCC2CCCC21. The Balaban J connectivity index is 1.65. The van der Waals surface area contributed by atoms with Crippen molar-refractivity contribution >= 4 is 17.5 Å². The van der Waals surface area contributed by atoms with E-state index in [1.165, 1.54) is 19.3 Å². The van der Waals surface area contributed by atoms with Crippen LogP contribution in [0.5, 0.6) is 0 Å². The minimum atomic E-state index is 0.0201. The summed E-state index contributed by atoms with van der Waals surface area (Å²) in [6.07, 6.45) is 3.75. The van der Waals surface area contributed by atoms with Crippen LogP contribution in [0.25, 0.3) is 0 Å². The predicted octanol–water partition coefficient (Wildman–Crippen LogP) is 2.69. The van der Waals surface area contributed by atoms with E-state index in [0.29, 0.717) is 18.4 Å². The summed E-state index contributed by atoms with van der Waals surface area (Å²) in [5, 5.41) is 4.14. The molecule has 2 fully saturated rings. The third-order valence-electron chi connectivity index (χ3n) is 4.70. The van der Waals surface area contributed by atoms with Gasteiger partial charge < -0.3 is 10.2 Å². The molecule has 1 saturated carbocycles. The van der Waals surface area contributed by atoms with E-state index in [4.69, 9.17) is 11.6 Å². The second-order valence-electron chi connectivity index (χ2n) is 6.06. The minimum absolute atomic E-state index is 0.0201. The van der Waals surface area contributed by atoms with Crippen LogP contribution in [-0.2, 0) is 11.3 Å². The van der Waals surface area contributed by atoms with Crippen LogP contribution < -0.4 is 5.32 Å². The van der Waals surface area contributed by atoms with Crippen LogP contribution >= 0.6 is 11.6 Å². The topological polar surface area (TPSA) is 32.3 Å². The predicted molar refractivity (Wildman–Crippen MR) is 80.5 cm³/mol. The molecule has 2 aliphatic rings. The van der Waals surface area contributed by atoms with Gasteiger partial charge in [-0.2, -0.15) is 0 Å². The maximum atomic E-state index is 12.6. The minimum Gasteiger partial charge on any atom is -0.340 e. The lowest BCUT2D eigenvalue weighted by atomic mass is 9.93. The highest BCUT2D eigenvalue weighted by Gasteiger charge is 2.43. The number of carbonyl (C=O) groups excluding carboxylic acids is 1. The van der Waals surface area contributed by atoms with E-state index in [9.17, 15) is 4.79 Å². The molecule has 0 bridgehead atoms. The lowest BCUT2D eigenvalue weighted by Gasteiger charge is -2.24. The van der Waals surface area contributed by atoms with Crippen molar-refractivity contribution in [3.63, 3.8) is 0 Å². The Hall–Kier alpha value is -1.06. The highest BCUT2D eigenvalue weighted by atomic mass is 35.5. The molecule has 1 aromatic rings. The first kappa shape index (κ1) is 13.9. The molecule has 3 atom stereocenters. The number of amides is 1. The van der Waals surface area contributed by atoms with E-state index in [0.717, 1.165) is 17.1 Å². The van der Waals surface area contributed by atoms with Crippen molar-refractivity contribution in [2.24, 2.45) is 11.8 Å². The lowest BCUT2D eigenvalue weighted by Crippen LogP contribution is -2.44. The molecule has 1 amide bonds. The summed E-state index contributed by atoms with van der Waals surface area (Å²) in [6, 6.07) is 7.74. The Bertz CT molecular complexity index is 505. The van der Waals surface area contributed by atoms with Crippen molar-refractivity contribution in [1.82, 2.24) is 10.2 Å². The number of nitrogens with zero attached hydrogens (tertiary/aromatic N) is 1. The van der Waals surface area contributed by atoms with Crippen molar-refractivity contribution in [2.45, 2.75) is 31.8 Å². The van der Waals surface area contributed by atoms with Crippen molar-refractivity contribution in [3.05, 3.63) is 34.9 Å². The molecule has 0 spiro atoms. The molecular formula is C16H21ClN2O. The fourth-order valence-corrected chi connectivity index (χ4v) is 3.90. The summed E-state index contributed by atoms with van der Waals surface area (Å²) < 4.78 is 0. The Morgan fingerprint density at radius 1 is 1.45 bits per heavy atom. The van der Waals surface area contributed by atoms with Gasteiger partial charge in [0.25, 0.3) is 0 Å². The lowest BCUT2D eigenvalue weighted by molar-refractivity contribution is -0.133. The molecule has 0 aromatic heterocycles. The van der Waals surface area contributed by atoms with Crippen LogP contribution in [0.1, 0.15) is 24.8 Å². The van der Waals surface area contributed by atoms with Gasteiger partial charge in [-0.05, 0) is 48.9 Å². The molecule has 20 heavy (non-hydrogen) atoms. The Kier molecular flexibility index (Phi) is 3.99. The molecule has 1 saturated heterocycles. The number of hydrogen-bond acceptors (Lipinski definition) is 2. The molecule has 108 valence electrons. The molecule has 3 rings (SSSR count). The van der Waals surface area contributed by atoms with Gasteiger partial charge in [0.2, 0.25) is 5.91 Å². The van der Waals surface area contributed by atoms with Gasteiger partial charge in [-0.3, -0.25) is 4.79 Å².